The number of anilines is 1. The minimum atomic E-state index is -0.383. The van der Waals surface area contributed by atoms with Gasteiger partial charge in [0.1, 0.15) is 17.3 Å². The van der Waals surface area contributed by atoms with Crippen molar-refractivity contribution >= 4 is 11.7 Å². The number of carbonyl (C=O) groups excluding carboxylic acids is 1. The van der Waals surface area contributed by atoms with Crippen LogP contribution in [-0.2, 0) is 12.8 Å². The predicted molar refractivity (Wildman–Crippen MR) is 122 cm³/mol. The Morgan fingerprint density at radius 3 is 2.42 bits per heavy atom. The van der Waals surface area contributed by atoms with Gasteiger partial charge in [0.25, 0.3) is 0 Å². The monoisotopic (exact) mass is 452 g/mol. The molecule has 0 aromatic heterocycles. The molecule has 7 nitrogen and oxygen atoms in total. The maximum atomic E-state index is 13.3. The predicted octanol–water partition coefficient (Wildman–Crippen LogP) is 4.55. The molecule has 0 spiro atoms. The summed E-state index contributed by atoms with van der Waals surface area (Å²) in [6, 6.07) is 16.5. The molecule has 4 rings (SSSR count). The summed E-state index contributed by atoms with van der Waals surface area (Å²) in [6.07, 6.45) is 1.06. The van der Waals surface area contributed by atoms with Gasteiger partial charge in [0.05, 0.1) is 19.9 Å². The minimum Gasteiger partial charge on any atom is -0.497 e. The van der Waals surface area contributed by atoms with E-state index in [0.717, 1.165) is 11.1 Å². The Kier molecular flexibility index (Phi) is 6.83. The molecule has 1 aliphatic rings. The van der Waals surface area contributed by atoms with E-state index in [0.29, 0.717) is 41.5 Å². The molecular weight excluding hydrogens is 427 g/mol. The van der Waals surface area contributed by atoms with E-state index < -0.39 is 0 Å². The Bertz CT molecular complexity index is 1120. The second-order valence-corrected chi connectivity index (χ2v) is 7.58. The highest BCUT2D eigenvalue weighted by Crippen LogP contribution is 2.33. The summed E-state index contributed by atoms with van der Waals surface area (Å²) in [4.78, 5) is 12.9. The van der Waals surface area contributed by atoms with Crippen molar-refractivity contribution in [1.82, 2.24) is 5.32 Å². The van der Waals surface area contributed by atoms with Crippen molar-refractivity contribution in [3.05, 3.63) is 77.6 Å². The third-order valence-corrected chi connectivity index (χ3v) is 5.31. The van der Waals surface area contributed by atoms with Gasteiger partial charge < -0.3 is 29.6 Å². The first-order valence-corrected chi connectivity index (χ1v) is 10.5. The summed E-state index contributed by atoms with van der Waals surface area (Å²) in [5.41, 5.74) is 2.40. The molecule has 172 valence electrons. The van der Waals surface area contributed by atoms with E-state index in [4.69, 9.17) is 18.9 Å². The van der Waals surface area contributed by atoms with Gasteiger partial charge in [-0.2, -0.15) is 0 Å². The molecule has 2 N–H and O–H groups in total. The first-order chi connectivity index (χ1) is 16.0. The lowest BCUT2D eigenvalue weighted by Gasteiger charge is -2.20. The highest BCUT2D eigenvalue weighted by Gasteiger charge is 2.19. The van der Waals surface area contributed by atoms with Gasteiger partial charge in [-0.15, -0.1) is 0 Å². The Balaban J connectivity index is 1.50. The number of hydrogen-bond donors (Lipinski definition) is 2. The van der Waals surface area contributed by atoms with Crippen molar-refractivity contribution in [2.45, 2.75) is 18.9 Å². The highest BCUT2D eigenvalue weighted by molar-refractivity contribution is 5.91. The number of urea groups is 1. The number of halogens is 1. The van der Waals surface area contributed by atoms with Gasteiger partial charge in [-0.25, -0.2) is 9.18 Å². The number of amides is 2. The third kappa shape index (κ3) is 5.65. The van der Waals surface area contributed by atoms with E-state index >= 15 is 0 Å². The van der Waals surface area contributed by atoms with Gasteiger partial charge in [-0.3, -0.25) is 0 Å². The number of fused-ring (bicyclic) bond motifs is 1. The zero-order chi connectivity index (χ0) is 23.2. The van der Waals surface area contributed by atoms with Crippen molar-refractivity contribution in [3.8, 4) is 23.0 Å². The van der Waals surface area contributed by atoms with Crippen molar-refractivity contribution in [1.29, 1.82) is 0 Å². The summed E-state index contributed by atoms with van der Waals surface area (Å²) in [5.74, 6) is 2.18. The fourth-order valence-corrected chi connectivity index (χ4v) is 3.68. The first-order valence-electron chi connectivity index (χ1n) is 10.5. The van der Waals surface area contributed by atoms with Gasteiger partial charge in [0.2, 0.25) is 6.79 Å². The summed E-state index contributed by atoms with van der Waals surface area (Å²) in [6.45, 7) is 0.197. The minimum absolute atomic E-state index is 0.197. The molecular formula is C25H25FN2O5. The summed E-state index contributed by atoms with van der Waals surface area (Å²) < 4.78 is 34.7. The van der Waals surface area contributed by atoms with E-state index in [9.17, 15) is 9.18 Å². The van der Waals surface area contributed by atoms with Crippen molar-refractivity contribution in [3.63, 3.8) is 0 Å². The van der Waals surface area contributed by atoms with Crippen LogP contribution in [0, 0.1) is 5.82 Å². The third-order valence-electron chi connectivity index (χ3n) is 5.31. The topological polar surface area (TPSA) is 78.1 Å². The molecule has 3 aromatic carbocycles. The lowest BCUT2D eigenvalue weighted by Crippen LogP contribution is -2.40. The Labute approximate surface area is 191 Å². The van der Waals surface area contributed by atoms with Gasteiger partial charge in [0.15, 0.2) is 11.5 Å². The molecule has 0 saturated carbocycles. The quantitative estimate of drug-likeness (QED) is 0.525. The van der Waals surface area contributed by atoms with Crippen LogP contribution in [0.3, 0.4) is 0 Å². The van der Waals surface area contributed by atoms with Crippen LogP contribution in [0.25, 0.3) is 0 Å². The second kappa shape index (κ2) is 10.1. The molecule has 33 heavy (non-hydrogen) atoms. The smallest absolute Gasteiger partial charge is 0.319 e. The number of nitrogens with one attached hydrogen (secondary N) is 2. The summed E-state index contributed by atoms with van der Waals surface area (Å²) in [5, 5.41) is 5.85. The van der Waals surface area contributed by atoms with Gasteiger partial charge >= 0.3 is 6.03 Å². The average Bonchev–Trinajstić information content (AvgIpc) is 3.28. The molecule has 2 amide bonds. The molecule has 0 unspecified atom stereocenters. The van der Waals surface area contributed by atoms with E-state index in [1.165, 1.54) is 19.2 Å². The van der Waals surface area contributed by atoms with Crippen LogP contribution in [0.1, 0.15) is 11.1 Å². The van der Waals surface area contributed by atoms with E-state index in [-0.39, 0.29) is 24.7 Å². The van der Waals surface area contributed by atoms with E-state index in [2.05, 4.69) is 10.6 Å². The van der Waals surface area contributed by atoms with Crippen LogP contribution < -0.4 is 29.6 Å². The Morgan fingerprint density at radius 2 is 1.67 bits per heavy atom. The Hall–Kier alpha value is -3.94. The van der Waals surface area contributed by atoms with Gasteiger partial charge in [0, 0.05) is 12.1 Å². The zero-order valence-electron chi connectivity index (χ0n) is 18.4. The van der Waals surface area contributed by atoms with Gasteiger partial charge in [-0.1, -0.05) is 18.2 Å². The van der Waals surface area contributed by atoms with Crippen LogP contribution in [0.2, 0.25) is 0 Å². The Morgan fingerprint density at radius 1 is 0.939 bits per heavy atom. The molecule has 0 bridgehead atoms. The van der Waals surface area contributed by atoms with Crippen molar-refractivity contribution in [2.75, 3.05) is 26.3 Å². The molecule has 0 saturated heterocycles. The maximum Gasteiger partial charge on any atom is 0.319 e. The lowest BCUT2D eigenvalue weighted by atomic mass is 9.98. The average molecular weight is 452 g/mol. The number of rotatable bonds is 8. The zero-order valence-corrected chi connectivity index (χ0v) is 18.4. The van der Waals surface area contributed by atoms with Crippen LogP contribution in [0.4, 0.5) is 14.9 Å². The van der Waals surface area contributed by atoms with E-state index in [1.54, 1.807) is 37.4 Å². The molecule has 0 radical (unpaired) electrons. The van der Waals surface area contributed by atoms with Crippen molar-refractivity contribution in [2.24, 2.45) is 0 Å². The molecule has 3 aromatic rings. The lowest BCUT2D eigenvalue weighted by molar-refractivity contribution is 0.174. The molecule has 1 aliphatic heterocycles. The van der Waals surface area contributed by atoms with Crippen LogP contribution in [0.15, 0.2) is 60.7 Å². The van der Waals surface area contributed by atoms with Crippen LogP contribution in [-0.4, -0.2) is 33.1 Å². The van der Waals surface area contributed by atoms with E-state index in [1.807, 2.05) is 18.2 Å². The SMILES string of the molecule is COc1ccc(NC(=O)N[C@H](Cc2ccc(F)cc2)Cc2ccc3c(c2)OCO3)c(OC)c1. The molecule has 8 heteroatoms. The van der Waals surface area contributed by atoms with Crippen LogP contribution >= 0.6 is 0 Å². The second-order valence-electron chi connectivity index (χ2n) is 7.58. The number of ether oxygens (including phenoxy) is 4. The number of hydrogen-bond acceptors (Lipinski definition) is 5. The highest BCUT2D eigenvalue weighted by atomic mass is 19.1. The molecule has 0 fully saturated rings. The normalized spacial score (nSPS) is 12.7. The number of carbonyl (C=O) groups is 1. The standard InChI is InChI=1S/C25H25FN2O5/c1-30-20-8-9-21(23(14-20)31-2)28-25(29)27-19(11-16-3-6-18(26)7-4-16)12-17-5-10-22-24(13-17)33-15-32-22/h3-10,13-14,19H,11-12,15H2,1-2H3,(H2,27,28,29)/t19-/m1/s1. The first kappa shape index (κ1) is 22.3. The summed E-state index contributed by atoms with van der Waals surface area (Å²) >= 11 is 0. The largest absolute Gasteiger partial charge is 0.497 e. The fourth-order valence-electron chi connectivity index (χ4n) is 3.68. The molecule has 1 heterocycles. The molecule has 1 atom stereocenters. The fraction of sp³-hybridized carbons (Fsp3) is 0.240. The van der Waals surface area contributed by atoms with Gasteiger partial charge in [-0.05, 0) is 60.4 Å². The van der Waals surface area contributed by atoms with Crippen LogP contribution in [0.5, 0.6) is 23.0 Å². The number of benzene rings is 3. The molecule has 0 aliphatic carbocycles. The number of methoxy groups -OCH3 is 2. The van der Waals surface area contributed by atoms with Crippen molar-refractivity contribution < 1.29 is 28.1 Å². The summed E-state index contributed by atoms with van der Waals surface area (Å²) in [7, 11) is 3.08. The maximum absolute atomic E-state index is 13.3.